The number of hydrogen-bond acceptors (Lipinski definition) is 0. The van der Waals surface area contributed by atoms with Gasteiger partial charge in [-0.15, -0.1) is 0 Å². The minimum atomic E-state index is -1.17. The molecule has 16 heavy (non-hydrogen) atoms. The fourth-order valence-electron chi connectivity index (χ4n) is 2.07. The summed E-state index contributed by atoms with van der Waals surface area (Å²) >= 11 is 0. The van der Waals surface area contributed by atoms with Crippen molar-refractivity contribution in [1.29, 1.82) is 0 Å². The lowest BCUT2D eigenvalue weighted by Crippen LogP contribution is -2.26. The third-order valence-corrected chi connectivity index (χ3v) is 5.59. The summed E-state index contributed by atoms with van der Waals surface area (Å²) in [4.78, 5) is 0. The predicted molar refractivity (Wildman–Crippen MR) is 76.5 cm³/mol. The molecule has 0 fully saturated rings. The van der Waals surface area contributed by atoms with Crippen molar-refractivity contribution in [2.75, 3.05) is 0 Å². The summed E-state index contributed by atoms with van der Waals surface area (Å²) in [5.41, 5.74) is 3.05. The third-order valence-electron chi connectivity index (χ3n) is 3.17. The molecule has 0 bridgehead atoms. The zero-order valence-corrected chi connectivity index (χ0v) is 12.3. The molecule has 0 aromatic heterocycles. The van der Waals surface area contributed by atoms with E-state index in [1.807, 2.05) is 0 Å². The Balaban J connectivity index is 2.98. The van der Waals surface area contributed by atoms with Crippen LogP contribution >= 0.6 is 0 Å². The van der Waals surface area contributed by atoms with Gasteiger partial charge in [0.05, 0.1) is 8.07 Å². The Kier molecular flexibility index (Phi) is 4.54. The molecule has 0 N–H and O–H groups in total. The van der Waals surface area contributed by atoms with Gasteiger partial charge in [0.1, 0.15) is 0 Å². The molecule has 0 radical (unpaired) electrons. The Labute approximate surface area is 101 Å². The molecule has 0 saturated carbocycles. The number of allylic oxidation sites excluding steroid dienone is 2. The molecule has 1 rings (SSSR count). The van der Waals surface area contributed by atoms with E-state index < -0.39 is 8.07 Å². The Bertz CT molecular complexity index is 355. The van der Waals surface area contributed by atoms with E-state index in [9.17, 15) is 0 Å². The van der Waals surface area contributed by atoms with Crippen molar-refractivity contribution >= 4 is 8.07 Å². The maximum absolute atomic E-state index is 2.45. The summed E-state index contributed by atoms with van der Waals surface area (Å²) in [6.45, 7) is 11.9. The highest BCUT2D eigenvalue weighted by Gasteiger charge is 2.21. The van der Waals surface area contributed by atoms with Crippen LogP contribution in [0.25, 0.3) is 0 Å². The maximum Gasteiger partial charge on any atom is 0.0728 e. The highest BCUT2D eigenvalue weighted by Crippen LogP contribution is 2.24. The molecule has 0 nitrogen and oxygen atoms in total. The number of rotatable bonds is 4. The number of hydrogen-bond donors (Lipinski definition) is 0. The van der Waals surface area contributed by atoms with Gasteiger partial charge < -0.3 is 0 Å². The van der Waals surface area contributed by atoms with Crippen LogP contribution in [-0.4, -0.2) is 8.07 Å². The minimum Gasteiger partial charge on any atom is -0.0779 e. The van der Waals surface area contributed by atoms with E-state index in [1.54, 1.807) is 10.8 Å². The molecule has 0 unspecified atom stereocenters. The van der Waals surface area contributed by atoms with E-state index >= 15 is 0 Å². The highest BCUT2D eigenvalue weighted by atomic mass is 28.3. The van der Waals surface area contributed by atoms with Gasteiger partial charge >= 0.3 is 0 Å². The van der Waals surface area contributed by atoms with Crippen LogP contribution < -0.4 is 0 Å². The lowest BCUT2D eigenvalue weighted by atomic mass is 10.1. The molecule has 0 amide bonds. The van der Waals surface area contributed by atoms with Crippen LogP contribution in [0.4, 0.5) is 0 Å². The summed E-state index contributed by atoms with van der Waals surface area (Å²) in [6, 6.07) is 10.8. The van der Waals surface area contributed by atoms with Gasteiger partial charge in [-0.1, -0.05) is 67.7 Å². The fraction of sp³-hybridized carbons (Fsp3) is 0.467. The highest BCUT2D eigenvalue weighted by molar-refractivity contribution is 6.83. The van der Waals surface area contributed by atoms with E-state index in [-0.39, 0.29) is 0 Å². The predicted octanol–water partition coefficient (Wildman–Crippen LogP) is 4.83. The first-order chi connectivity index (χ1) is 7.45. The number of benzene rings is 1. The summed E-state index contributed by atoms with van der Waals surface area (Å²) in [7, 11) is -1.17. The smallest absolute Gasteiger partial charge is 0.0728 e. The van der Waals surface area contributed by atoms with Crippen LogP contribution in [0, 0.1) is 0 Å². The van der Waals surface area contributed by atoms with E-state index in [2.05, 4.69) is 63.8 Å². The first-order valence-corrected chi connectivity index (χ1v) is 9.68. The van der Waals surface area contributed by atoms with Gasteiger partial charge in [0.2, 0.25) is 0 Å². The van der Waals surface area contributed by atoms with Gasteiger partial charge in [-0.3, -0.25) is 0 Å². The summed E-state index contributed by atoms with van der Waals surface area (Å²) < 4.78 is 0. The van der Waals surface area contributed by atoms with Crippen LogP contribution in [0.15, 0.2) is 41.1 Å². The maximum atomic E-state index is 2.45. The molecule has 0 aliphatic carbocycles. The van der Waals surface area contributed by atoms with Crippen LogP contribution in [0.5, 0.6) is 0 Å². The molecule has 88 valence electrons. The molecule has 0 atom stereocenters. The Morgan fingerprint density at radius 2 is 1.62 bits per heavy atom. The van der Waals surface area contributed by atoms with Gasteiger partial charge in [0, 0.05) is 0 Å². The fourth-order valence-corrected chi connectivity index (χ4v) is 4.26. The van der Waals surface area contributed by atoms with Crippen LogP contribution in [0.2, 0.25) is 19.6 Å². The van der Waals surface area contributed by atoms with Crippen molar-refractivity contribution in [3.05, 3.63) is 46.7 Å². The molecule has 1 aromatic carbocycles. The van der Waals surface area contributed by atoms with Gasteiger partial charge in [-0.2, -0.15) is 0 Å². The molecule has 0 saturated heterocycles. The molecule has 1 aromatic rings. The second kappa shape index (κ2) is 5.49. The standard InChI is InChI=1S/C15H24Si/c1-6-13(2)15(16(3,4)5)12-14-10-8-7-9-11-14/h7-11H,6,12H2,1-5H3/b15-13-. The largest absolute Gasteiger partial charge is 0.0779 e. The zero-order chi connectivity index (χ0) is 12.2. The van der Waals surface area contributed by atoms with Crippen molar-refractivity contribution in [2.24, 2.45) is 0 Å². The monoisotopic (exact) mass is 232 g/mol. The minimum absolute atomic E-state index is 1.15. The van der Waals surface area contributed by atoms with Gasteiger partial charge in [-0.05, 0) is 25.3 Å². The van der Waals surface area contributed by atoms with Crippen molar-refractivity contribution < 1.29 is 0 Å². The lowest BCUT2D eigenvalue weighted by Gasteiger charge is -2.24. The average Bonchev–Trinajstić information content (AvgIpc) is 2.25. The second-order valence-electron chi connectivity index (χ2n) is 5.52. The summed E-state index contributed by atoms with van der Waals surface area (Å²) in [5, 5.41) is 1.72. The zero-order valence-electron chi connectivity index (χ0n) is 11.3. The molecule has 0 heterocycles. The van der Waals surface area contributed by atoms with Crippen molar-refractivity contribution in [3.8, 4) is 0 Å². The summed E-state index contributed by atoms with van der Waals surface area (Å²) in [5.74, 6) is 0. The summed E-state index contributed by atoms with van der Waals surface area (Å²) in [6.07, 6.45) is 2.34. The van der Waals surface area contributed by atoms with Crippen LogP contribution in [0.3, 0.4) is 0 Å². The Morgan fingerprint density at radius 3 is 2.06 bits per heavy atom. The topological polar surface area (TPSA) is 0 Å². The van der Waals surface area contributed by atoms with Crippen LogP contribution in [0.1, 0.15) is 25.8 Å². The van der Waals surface area contributed by atoms with Crippen molar-refractivity contribution in [2.45, 2.75) is 46.3 Å². The molecule has 0 aliphatic heterocycles. The molecular weight excluding hydrogens is 208 g/mol. The van der Waals surface area contributed by atoms with Gasteiger partial charge in [0.25, 0.3) is 0 Å². The Hall–Kier alpha value is -0.823. The van der Waals surface area contributed by atoms with Crippen LogP contribution in [-0.2, 0) is 6.42 Å². The van der Waals surface area contributed by atoms with Crippen molar-refractivity contribution in [1.82, 2.24) is 0 Å². The molecule has 1 heteroatoms. The van der Waals surface area contributed by atoms with E-state index in [4.69, 9.17) is 0 Å². The molecular formula is C15H24Si. The Morgan fingerprint density at radius 1 is 1.06 bits per heavy atom. The van der Waals surface area contributed by atoms with Gasteiger partial charge in [-0.25, -0.2) is 0 Å². The third kappa shape index (κ3) is 3.64. The second-order valence-corrected chi connectivity index (χ2v) is 10.6. The average molecular weight is 232 g/mol. The van der Waals surface area contributed by atoms with Gasteiger partial charge in [0.15, 0.2) is 0 Å². The van der Waals surface area contributed by atoms with E-state index in [1.165, 1.54) is 12.0 Å². The first kappa shape index (κ1) is 13.2. The SMILES string of the molecule is CC/C(C)=C(/Cc1ccccc1)[Si](C)(C)C. The van der Waals surface area contributed by atoms with E-state index in [0.717, 1.165) is 6.42 Å². The van der Waals surface area contributed by atoms with E-state index in [0.29, 0.717) is 0 Å². The first-order valence-electron chi connectivity index (χ1n) is 6.18. The van der Waals surface area contributed by atoms with Crippen molar-refractivity contribution in [3.63, 3.8) is 0 Å². The lowest BCUT2D eigenvalue weighted by molar-refractivity contribution is 1.04. The molecule has 0 spiro atoms. The molecule has 0 aliphatic rings. The quantitative estimate of drug-likeness (QED) is 0.652. The normalized spacial score (nSPS) is 13.6.